The van der Waals surface area contributed by atoms with Crippen LogP contribution in [0.25, 0.3) is 10.9 Å². The summed E-state index contributed by atoms with van der Waals surface area (Å²) in [6.45, 7) is 1.48. The molecule has 0 aliphatic heterocycles. The second kappa shape index (κ2) is 9.13. The standard InChI is InChI=1S/C22H22N2O6S/c1-2-3-4-14-5-7-16(8-6-14)31(29,30)17-9-10-18-15(11-17)12-19(25)21(24-18)22(28)23-13-20(26)27/h5-12,25H,2-4,13H2,1H3,(H,23,28)(H,26,27). The third kappa shape index (κ3) is 5.00. The predicted molar refractivity (Wildman–Crippen MR) is 114 cm³/mol. The number of unbranched alkanes of at least 4 members (excludes halogenated alkanes) is 1. The molecule has 0 bridgehead atoms. The molecule has 8 nitrogen and oxygen atoms in total. The average molecular weight is 442 g/mol. The van der Waals surface area contributed by atoms with Crippen molar-refractivity contribution in [1.82, 2.24) is 10.3 Å². The molecule has 2 aromatic carbocycles. The number of sulfone groups is 1. The zero-order valence-corrected chi connectivity index (χ0v) is 17.6. The van der Waals surface area contributed by atoms with E-state index in [1.807, 2.05) is 0 Å². The van der Waals surface area contributed by atoms with Gasteiger partial charge in [-0.15, -0.1) is 0 Å². The first kappa shape index (κ1) is 22.2. The third-order valence-corrected chi connectivity index (χ3v) is 6.51. The molecule has 9 heteroatoms. The molecule has 1 aromatic heterocycles. The summed E-state index contributed by atoms with van der Waals surface area (Å²) in [7, 11) is -3.78. The predicted octanol–water partition coefficient (Wildman–Crippen LogP) is 2.93. The average Bonchev–Trinajstić information content (AvgIpc) is 2.75. The second-order valence-electron chi connectivity index (χ2n) is 7.04. The fraction of sp³-hybridized carbons (Fsp3) is 0.227. The monoisotopic (exact) mass is 442 g/mol. The molecule has 3 rings (SSSR count). The summed E-state index contributed by atoms with van der Waals surface area (Å²) in [5.41, 5.74) is 1.02. The summed E-state index contributed by atoms with van der Waals surface area (Å²) in [5.74, 6) is -2.56. The summed E-state index contributed by atoms with van der Waals surface area (Å²) in [6, 6.07) is 12.2. The normalized spacial score (nSPS) is 11.4. The first-order valence-electron chi connectivity index (χ1n) is 9.70. The number of pyridine rings is 1. The maximum absolute atomic E-state index is 13.0. The summed E-state index contributed by atoms with van der Waals surface area (Å²) in [4.78, 5) is 26.8. The van der Waals surface area contributed by atoms with Gasteiger partial charge in [0.15, 0.2) is 5.69 Å². The van der Waals surface area contributed by atoms with Gasteiger partial charge in [-0.2, -0.15) is 0 Å². The fourth-order valence-electron chi connectivity index (χ4n) is 3.07. The van der Waals surface area contributed by atoms with Crippen LogP contribution < -0.4 is 5.32 Å². The Balaban J connectivity index is 1.92. The SMILES string of the molecule is CCCCc1ccc(S(=O)(=O)c2ccc3nc(C(=O)NCC(=O)O)c(O)cc3c2)cc1. The minimum Gasteiger partial charge on any atom is -0.505 e. The molecule has 31 heavy (non-hydrogen) atoms. The minimum atomic E-state index is -3.78. The van der Waals surface area contributed by atoms with E-state index < -0.39 is 34.0 Å². The van der Waals surface area contributed by atoms with Crippen LogP contribution in [-0.4, -0.2) is 42.0 Å². The van der Waals surface area contributed by atoms with Gasteiger partial charge in [0.05, 0.1) is 15.3 Å². The largest absolute Gasteiger partial charge is 0.505 e. The van der Waals surface area contributed by atoms with Gasteiger partial charge in [0.1, 0.15) is 12.3 Å². The Morgan fingerprint density at radius 2 is 1.71 bits per heavy atom. The Kier molecular flexibility index (Phi) is 6.55. The molecule has 0 atom stereocenters. The van der Waals surface area contributed by atoms with Gasteiger partial charge in [0, 0.05) is 5.39 Å². The number of fused-ring (bicyclic) bond motifs is 1. The number of aromatic hydroxyl groups is 1. The molecule has 0 fully saturated rings. The number of aromatic nitrogens is 1. The number of carboxylic acid groups (broad SMARTS) is 1. The zero-order chi connectivity index (χ0) is 22.6. The number of carbonyl (C=O) groups excluding carboxylic acids is 1. The highest BCUT2D eigenvalue weighted by atomic mass is 32.2. The van der Waals surface area contributed by atoms with Crippen molar-refractivity contribution in [2.75, 3.05) is 6.54 Å². The maximum Gasteiger partial charge on any atom is 0.322 e. The van der Waals surface area contributed by atoms with Crippen LogP contribution in [0.4, 0.5) is 0 Å². The van der Waals surface area contributed by atoms with E-state index in [0.717, 1.165) is 24.8 Å². The van der Waals surface area contributed by atoms with Crippen LogP contribution in [0, 0.1) is 0 Å². The van der Waals surface area contributed by atoms with Crippen LogP contribution in [0.2, 0.25) is 0 Å². The van der Waals surface area contributed by atoms with Gasteiger partial charge in [0.25, 0.3) is 5.91 Å². The smallest absolute Gasteiger partial charge is 0.322 e. The number of rotatable bonds is 8. The number of nitrogens with zero attached hydrogens (tertiary/aromatic N) is 1. The van der Waals surface area contributed by atoms with E-state index in [2.05, 4.69) is 17.2 Å². The van der Waals surface area contributed by atoms with Crippen LogP contribution in [0.3, 0.4) is 0 Å². The number of aryl methyl sites for hydroxylation is 1. The van der Waals surface area contributed by atoms with E-state index in [9.17, 15) is 23.1 Å². The Morgan fingerprint density at radius 3 is 2.35 bits per heavy atom. The van der Waals surface area contributed by atoms with Crippen molar-refractivity contribution in [2.45, 2.75) is 36.0 Å². The molecule has 3 N–H and O–H groups in total. The summed E-state index contributed by atoms with van der Waals surface area (Å²) < 4.78 is 26.0. The quantitative estimate of drug-likeness (QED) is 0.488. The maximum atomic E-state index is 13.0. The molecule has 0 radical (unpaired) electrons. The van der Waals surface area contributed by atoms with E-state index >= 15 is 0 Å². The Hall–Kier alpha value is -3.46. The number of amides is 1. The molecule has 0 aliphatic rings. The fourth-order valence-corrected chi connectivity index (χ4v) is 4.37. The van der Waals surface area contributed by atoms with Gasteiger partial charge >= 0.3 is 5.97 Å². The highest BCUT2D eigenvalue weighted by Gasteiger charge is 2.20. The molecule has 3 aromatic rings. The molecule has 0 saturated heterocycles. The van der Waals surface area contributed by atoms with Crippen LogP contribution in [0.1, 0.15) is 35.8 Å². The van der Waals surface area contributed by atoms with Crippen molar-refractivity contribution in [3.05, 3.63) is 59.8 Å². The Morgan fingerprint density at radius 1 is 1.03 bits per heavy atom. The highest BCUT2D eigenvalue weighted by molar-refractivity contribution is 7.91. The molecule has 0 unspecified atom stereocenters. The Labute approximate surface area is 179 Å². The van der Waals surface area contributed by atoms with E-state index in [1.54, 1.807) is 24.3 Å². The minimum absolute atomic E-state index is 0.0330. The number of hydrogen-bond donors (Lipinski definition) is 3. The van der Waals surface area contributed by atoms with E-state index in [4.69, 9.17) is 5.11 Å². The lowest BCUT2D eigenvalue weighted by atomic mass is 10.1. The lowest BCUT2D eigenvalue weighted by Gasteiger charge is -2.09. The summed E-state index contributed by atoms with van der Waals surface area (Å²) in [5, 5.41) is 21.2. The molecule has 0 aliphatic carbocycles. The van der Waals surface area contributed by atoms with Crippen molar-refractivity contribution >= 4 is 32.6 Å². The molecular formula is C22H22N2O6S. The third-order valence-electron chi connectivity index (χ3n) is 4.74. The van der Waals surface area contributed by atoms with Gasteiger partial charge in [-0.1, -0.05) is 25.5 Å². The van der Waals surface area contributed by atoms with Crippen LogP contribution in [-0.2, 0) is 21.1 Å². The molecule has 162 valence electrons. The molecule has 0 spiro atoms. The number of carboxylic acids is 1. The lowest BCUT2D eigenvalue weighted by molar-refractivity contribution is -0.135. The highest BCUT2D eigenvalue weighted by Crippen LogP contribution is 2.27. The van der Waals surface area contributed by atoms with Crippen LogP contribution in [0.5, 0.6) is 5.75 Å². The molecule has 0 saturated carbocycles. The van der Waals surface area contributed by atoms with Crippen molar-refractivity contribution in [1.29, 1.82) is 0 Å². The molecular weight excluding hydrogens is 420 g/mol. The topological polar surface area (TPSA) is 134 Å². The van der Waals surface area contributed by atoms with Gasteiger partial charge < -0.3 is 15.5 Å². The van der Waals surface area contributed by atoms with Gasteiger partial charge in [-0.25, -0.2) is 13.4 Å². The second-order valence-corrected chi connectivity index (χ2v) is 8.99. The van der Waals surface area contributed by atoms with Crippen molar-refractivity contribution < 1.29 is 28.2 Å². The van der Waals surface area contributed by atoms with Gasteiger partial charge in [-0.3, -0.25) is 9.59 Å². The van der Waals surface area contributed by atoms with Crippen LogP contribution in [0.15, 0.2) is 58.3 Å². The van der Waals surface area contributed by atoms with Crippen molar-refractivity contribution in [3.8, 4) is 5.75 Å². The number of nitrogens with one attached hydrogen (secondary N) is 1. The van der Waals surface area contributed by atoms with E-state index in [1.165, 1.54) is 24.3 Å². The zero-order valence-electron chi connectivity index (χ0n) is 16.8. The molecule has 1 amide bonds. The lowest BCUT2D eigenvalue weighted by Crippen LogP contribution is -2.29. The van der Waals surface area contributed by atoms with Crippen LogP contribution >= 0.6 is 0 Å². The first-order chi connectivity index (χ1) is 14.7. The van der Waals surface area contributed by atoms with E-state index in [-0.39, 0.29) is 21.0 Å². The first-order valence-corrected chi connectivity index (χ1v) is 11.2. The van der Waals surface area contributed by atoms with Gasteiger partial charge in [-0.05, 0) is 54.8 Å². The number of hydrogen-bond acceptors (Lipinski definition) is 6. The summed E-state index contributed by atoms with van der Waals surface area (Å²) in [6.07, 6.45) is 2.98. The van der Waals surface area contributed by atoms with Crippen molar-refractivity contribution in [2.24, 2.45) is 0 Å². The number of benzene rings is 2. The number of aliphatic carboxylic acids is 1. The molecule has 1 heterocycles. The van der Waals surface area contributed by atoms with Gasteiger partial charge in [0.2, 0.25) is 9.84 Å². The Bertz CT molecular complexity index is 1240. The summed E-state index contributed by atoms with van der Waals surface area (Å²) >= 11 is 0. The van der Waals surface area contributed by atoms with Crippen molar-refractivity contribution in [3.63, 3.8) is 0 Å². The number of carbonyl (C=O) groups is 2. The van der Waals surface area contributed by atoms with E-state index in [0.29, 0.717) is 5.39 Å².